The van der Waals surface area contributed by atoms with Gasteiger partial charge in [0.15, 0.2) is 0 Å². The SMILES string of the molecule is CC(=O)N1CCc2cc(S(=O)(=O)NCCOc3cc(N4CCCC4)nc(C)n3)ccc21. The predicted molar refractivity (Wildman–Crippen MR) is 117 cm³/mol. The Kier molecular flexibility index (Phi) is 6.10. The van der Waals surface area contributed by atoms with Crippen LogP contribution in [0.25, 0.3) is 0 Å². The van der Waals surface area contributed by atoms with Gasteiger partial charge >= 0.3 is 0 Å². The number of aromatic nitrogens is 2. The minimum atomic E-state index is -3.68. The summed E-state index contributed by atoms with van der Waals surface area (Å²) in [4.78, 5) is 24.5. The fourth-order valence-corrected chi connectivity index (χ4v) is 5.06. The predicted octanol–water partition coefficient (Wildman–Crippen LogP) is 1.65. The van der Waals surface area contributed by atoms with Crippen molar-refractivity contribution in [3.63, 3.8) is 0 Å². The van der Waals surface area contributed by atoms with E-state index in [1.165, 1.54) is 13.0 Å². The van der Waals surface area contributed by atoms with Crippen LogP contribution in [0, 0.1) is 6.92 Å². The van der Waals surface area contributed by atoms with Gasteiger partial charge in [-0.25, -0.2) is 18.1 Å². The summed E-state index contributed by atoms with van der Waals surface area (Å²) in [6.45, 7) is 6.11. The number of carbonyl (C=O) groups is 1. The lowest BCUT2D eigenvalue weighted by molar-refractivity contribution is -0.116. The molecule has 0 aliphatic carbocycles. The molecule has 1 amide bonds. The second kappa shape index (κ2) is 8.80. The zero-order valence-electron chi connectivity index (χ0n) is 17.8. The number of amides is 1. The number of anilines is 2. The van der Waals surface area contributed by atoms with Crippen LogP contribution in [0.15, 0.2) is 29.2 Å². The molecule has 4 rings (SSSR count). The fraction of sp³-hybridized carbons (Fsp3) is 0.476. The van der Waals surface area contributed by atoms with E-state index in [0.717, 1.165) is 43.0 Å². The molecule has 0 radical (unpaired) electrons. The lowest BCUT2D eigenvalue weighted by atomic mass is 10.2. The number of carbonyl (C=O) groups excluding carboxylic acids is 1. The number of aryl methyl sites for hydroxylation is 1. The summed E-state index contributed by atoms with van der Waals surface area (Å²) in [5.74, 6) is 1.86. The van der Waals surface area contributed by atoms with Gasteiger partial charge in [0.25, 0.3) is 0 Å². The molecule has 0 saturated carbocycles. The Morgan fingerprint density at radius 2 is 1.94 bits per heavy atom. The van der Waals surface area contributed by atoms with E-state index in [1.807, 2.05) is 6.92 Å². The highest BCUT2D eigenvalue weighted by molar-refractivity contribution is 7.89. The lowest BCUT2D eigenvalue weighted by Gasteiger charge is -2.17. The number of hydrogen-bond donors (Lipinski definition) is 1. The Morgan fingerprint density at radius 3 is 2.68 bits per heavy atom. The third-order valence-electron chi connectivity index (χ3n) is 5.51. The van der Waals surface area contributed by atoms with Crippen LogP contribution in [0.3, 0.4) is 0 Å². The third-order valence-corrected chi connectivity index (χ3v) is 6.97. The molecule has 2 aliphatic heterocycles. The van der Waals surface area contributed by atoms with Gasteiger partial charge in [0.05, 0.1) is 4.90 Å². The van der Waals surface area contributed by atoms with Crippen LogP contribution in [0.5, 0.6) is 5.88 Å². The van der Waals surface area contributed by atoms with Crippen molar-refractivity contribution in [1.29, 1.82) is 0 Å². The largest absolute Gasteiger partial charge is 0.476 e. The van der Waals surface area contributed by atoms with Gasteiger partial charge in [-0.3, -0.25) is 4.79 Å². The summed E-state index contributed by atoms with van der Waals surface area (Å²) in [5, 5.41) is 0. The first-order valence-corrected chi connectivity index (χ1v) is 12.0. The van der Waals surface area contributed by atoms with E-state index in [2.05, 4.69) is 19.6 Å². The second-order valence-electron chi connectivity index (χ2n) is 7.76. The van der Waals surface area contributed by atoms with Gasteiger partial charge < -0.3 is 14.5 Å². The maximum atomic E-state index is 12.7. The van der Waals surface area contributed by atoms with Crippen molar-refractivity contribution >= 4 is 27.4 Å². The number of nitrogens with zero attached hydrogens (tertiary/aromatic N) is 4. The van der Waals surface area contributed by atoms with Crippen LogP contribution in [-0.2, 0) is 21.2 Å². The molecule has 10 heteroatoms. The zero-order valence-corrected chi connectivity index (χ0v) is 18.6. The molecule has 0 atom stereocenters. The molecule has 31 heavy (non-hydrogen) atoms. The molecule has 3 heterocycles. The van der Waals surface area contributed by atoms with Crippen LogP contribution in [0.2, 0.25) is 0 Å². The summed E-state index contributed by atoms with van der Waals surface area (Å²) < 4.78 is 33.6. The number of ether oxygens (including phenoxy) is 1. The van der Waals surface area contributed by atoms with Crippen molar-refractivity contribution in [1.82, 2.24) is 14.7 Å². The highest BCUT2D eigenvalue weighted by Gasteiger charge is 2.24. The van der Waals surface area contributed by atoms with Crippen LogP contribution < -0.4 is 19.3 Å². The summed E-state index contributed by atoms with van der Waals surface area (Å²) in [6, 6.07) is 6.66. The molecule has 1 aromatic heterocycles. The molecule has 0 spiro atoms. The second-order valence-corrected chi connectivity index (χ2v) is 9.53. The lowest BCUT2D eigenvalue weighted by Crippen LogP contribution is -2.28. The van der Waals surface area contributed by atoms with Crippen molar-refractivity contribution < 1.29 is 17.9 Å². The van der Waals surface area contributed by atoms with E-state index in [1.54, 1.807) is 23.1 Å². The van der Waals surface area contributed by atoms with Crippen molar-refractivity contribution in [2.24, 2.45) is 0 Å². The smallest absolute Gasteiger partial charge is 0.240 e. The number of rotatable bonds is 7. The topological polar surface area (TPSA) is 105 Å². The molecule has 166 valence electrons. The monoisotopic (exact) mass is 445 g/mol. The Hall–Kier alpha value is -2.72. The van der Waals surface area contributed by atoms with Gasteiger partial charge in [-0.15, -0.1) is 0 Å². The zero-order chi connectivity index (χ0) is 22.0. The van der Waals surface area contributed by atoms with Crippen molar-refractivity contribution in [2.75, 3.05) is 42.6 Å². The molecule has 1 fully saturated rings. The van der Waals surface area contributed by atoms with E-state index in [4.69, 9.17) is 4.74 Å². The van der Waals surface area contributed by atoms with Crippen LogP contribution in [0.1, 0.15) is 31.2 Å². The molecule has 9 nitrogen and oxygen atoms in total. The summed E-state index contributed by atoms with van der Waals surface area (Å²) in [6.07, 6.45) is 2.95. The Labute approximate surface area is 182 Å². The summed E-state index contributed by atoms with van der Waals surface area (Å²) in [7, 11) is -3.68. The van der Waals surface area contributed by atoms with Gasteiger partial charge in [0.2, 0.25) is 21.8 Å². The summed E-state index contributed by atoms with van der Waals surface area (Å²) in [5.41, 5.74) is 1.64. The van der Waals surface area contributed by atoms with E-state index in [0.29, 0.717) is 24.7 Å². The van der Waals surface area contributed by atoms with Crippen molar-refractivity contribution in [3.8, 4) is 5.88 Å². The normalized spacial score (nSPS) is 15.9. The maximum absolute atomic E-state index is 12.7. The van der Waals surface area contributed by atoms with E-state index >= 15 is 0 Å². The van der Waals surface area contributed by atoms with E-state index in [9.17, 15) is 13.2 Å². The first kappa shape index (κ1) is 21.5. The number of sulfonamides is 1. The first-order valence-electron chi connectivity index (χ1n) is 10.5. The average molecular weight is 446 g/mol. The Balaban J connectivity index is 1.35. The van der Waals surface area contributed by atoms with Gasteiger partial charge in [-0.1, -0.05) is 0 Å². The molecular formula is C21H27N5O4S. The number of fused-ring (bicyclic) bond motifs is 1. The van der Waals surface area contributed by atoms with Gasteiger partial charge in [0.1, 0.15) is 18.2 Å². The summed E-state index contributed by atoms with van der Waals surface area (Å²) >= 11 is 0. The average Bonchev–Trinajstić information content (AvgIpc) is 3.40. The Bertz CT molecular complexity index is 1080. The third kappa shape index (κ3) is 4.80. The van der Waals surface area contributed by atoms with Crippen LogP contribution in [-0.4, -0.2) is 57.1 Å². The van der Waals surface area contributed by atoms with E-state index < -0.39 is 10.0 Å². The van der Waals surface area contributed by atoms with Gasteiger partial charge in [-0.05, 0) is 49.9 Å². The maximum Gasteiger partial charge on any atom is 0.240 e. The molecule has 1 saturated heterocycles. The molecule has 1 N–H and O–H groups in total. The minimum Gasteiger partial charge on any atom is -0.476 e. The quantitative estimate of drug-likeness (QED) is 0.646. The van der Waals surface area contributed by atoms with Crippen molar-refractivity contribution in [2.45, 2.75) is 38.0 Å². The molecule has 0 bridgehead atoms. The number of nitrogens with one attached hydrogen (secondary N) is 1. The Morgan fingerprint density at radius 1 is 1.16 bits per heavy atom. The van der Waals surface area contributed by atoms with E-state index in [-0.39, 0.29) is 24.0 Å². The minimum absolute atomic E-state index is 0.0440. The standard InChI is InChI=1S/C21H27N5O4S/c1-15-23-20(25-9-3-4-10-25)14-21(24-15)30-12-8-22-31(28,29)18-5-6-19-17(13-18)7-11-26(19)16(2)27/h5-6,13-14,22H,3-4,7-12H2,1-2H3. The highest BCUT2D eigenvalue weighted by Crippen LogP contribution is 2.30. The molecule has 2 aromatic rings. The molecule has 0 unspecified atom stereocenters. The fourth-order valence-electron chi connectivity index (χ4n) is 3.99. The van der Waals surface area contributed by atoms with Crippen LogP contribution in [0.4, 0.5) is 11.5 Å². The highest BCUT2D eigenvalue weighted by atomic mass is 32.2. The van der Waals surface area contributed by atoms with Gasteiger partial charge in [0, 0.05) is 44.9 Å². The van der Waals surface area contributed by atoms with Gasteiger partial charge in [-0.2, -0.15) is 4.98 Å². The number of hydrogen-bond acceptors (Lipinski definition) is 7. The molecular weight excluding hydrogens is 418 g/mol. The first-order chi connectivity index (χ1) is 14.8. The molecule has 1 aromatic carbocycles. The van der Waals surface area contributed by atoms with Crippen molar-refractivity contribution in [3.05, 3.63) is 35.7 Å². The van der Waals surface area contributed by atoms with Crippen LogP contribution >= 0.6 is 0 Å². The number of benzene rings is 1. The molecule has 2 aliphatic rings.